The van der Waals surface area contributed by atoms with Crippen molar-refractivity contribution in [2.75, 3.05) is 39.8 Å². The molecule has 2 N–H and O–H groups in total. The van der Waals surface area contributed by atoms with Gasteiger partial charge in [0, 0.05) is 13.2 Å². The van der Waals surface area contributed by atoms with Gasteiger partial charge >= 0.3 is 0 Å². The van der Waals surface area contributed by atoms with E-state index in [9.17, 15) is 0 Å². The number of aliphatic hydroxyl groups excluding tert-OH is 1. The molecule has 1 saturated heterocycles. The fourth-order valence-corrected chi connectivity index (χ4v) is 2.25. The van der Waals surface area contributed by atoms with Crippen LogP contribution in [0.15, 0.2) is 0 Å². The number of hydrogen-bond acceptors (Lipinski definition) is 3. The van der Waals surface area contributed by atoms with Crippen molar-refractivity contribution in [3.63, 3.8) is 0 Å². The van der Waals surface area contributed by atoms with Gasteiger partial charge in [-0.05, 0) is 58.3 Å². The number of rotatable bonds is 6. The molecule has 0 aromatic carbocycles. The third kappa shape index (κ3) is 4.40. The molecule has 1 fully saturated rings. The second-order valence-corrected chi connectivity index (χ2v) is 4.28. The van der Waals surface area contributed by atoms with E-state index in [1.807, 2.05) is 7.05 Å². The van der Waals surface area contributed by atoms with Crippen molar-refractivity contribution in [1.82, 2.24) is 10.2 Å². The molecule has 1 aliphatic rings. The van der Waals surface area contributed by atoms with Gasteiger partial charge in [0.1, 0.15) is 0 Å². The first kappa shape index (κ1) is 12.0. The summed E-state index contributed by atoms with van der Waals surface area (Å²) in [5.74, 6) is 0.739. The average molecular weight is 200 g/mol. The van der Waals surface area contributed by atoms with E-state index >= 15 is 0 Å². The van der Waals surface area contributed by atoms with Crippen LogP contribution in [0.1, 0.15) is 25.7 Å². The molecule has 0 aromatic rings. The number of likely N-dealkylation sites (tertiary alicyclic amines) is 1. The Morgan fingerprint density at radius 2 is 2.36 bits per heavy atom. The highest BCUT2D eigenvalue weighted by Crippen LogP contribution is 2.18. The molecule has 1 atom stereocenters. The van der Waals surface area contributed by atoms with Crippen LogP contribution in [0.4, 0.5) is 0 Å². The second-order valence-electron chi connectivity index (χ2n) is 4.28. The average Bonchev–Trinajstić information content (AvgIpc) is 2.19. The van der Waals surface area contributed by atoms with Crippen molar-refractivity contribution >= 4 is 0 Å². The molecule has 0 aliphatic carbocycles. The molecule has 1 heterocycles. The molecule has 0 radical (unpaired) electrons. The molecule has 1 unspecified atom stereocenters. The Morgan fingerprint density at radius 3 is 3.07 bits per heavy atom. The quantitative estimate of drug-likeness (QED) is 0.619. The van der Waals surface area contributed by atoms with Gasteiger partial charge in [-0.3, -0.25) is 0 Å². The van der Waals surface area contributed by atoms with Crippen molar-refractivity contribution in [3.05, 3.63) is 0 Å². The standard InChI is InChI=1S/C11H24N2O/c1-12-6-3-8-13-7-2-4-11(10-13)5-9-14/h11-12,14H,2-10H2,1H3. The molecule has 0 amide bonds. The number of nitrogens with one attached hydrogen (secondary N) is 1. The summed E-state index contributed by atoms with van der Waals surface area (Å²) >= 11 is 0. The summed E-state index contributed by atoms with van der Waals surface area (Å²) in [5, 5.41) is 12.1. The number of piperidine rings is 1. The van der Waals surface area contributed by atoms with Crippen molar-refractivity contribution in [2.24, 2.45) is 5.92 Å². The van der Waals surface area contributed by atoms with Crippen LogP contribution < -0.4 is 5.32 Å². The van der Waals surface area contributed by atoms with E-state index in [1.54, 1.807) is 0 Å². The zero-order valence-corrected chi connectivity index (χ0v) is 9.34. The molecular formula is C11H24N2O. The van der Waals surface area contributed by atoms with Crippen LogP contribution in [0.2, 0.25) is 0 Å². The van der Waals surface area contributed by atoms with Crippen LogP contribution in [0.3, 0.4) is 0 Å². The van der Waals surface area contributed by atoms with Crippen LogP contribution in [-0.2, 0) is 0 Å². The first-order valence-electron chi connectivity index (χ1n) is 5.84. The monoisotopic (exact) mass is 200 g/mol. The SMILES string of the molecule is CNCCCN1CCCC(CCO)C1. The predicted octanol–water partition coefficient (Wildman–Crippen LogP) is 0.690. The third-order valence-corrected chi connectivity index (χ3v) is 3.04. The van der Waals surface area contributed by atoms with Gasteiger partial charge in [0.15, 0.2) is 0 Å². The first-order chi connectivity index (χ1) is 6.86. The lowest BCUT2D eigenvalue weighted by atomic mass is 9.95. The number of aliphatic hydroxyl groups is 1. The van der Waals surface area contributed by atoms with E-state index < -0.39 is 0 Å². The smallest absolute Gasteiger partial charge is 0.0434 e. The van der Waals surface area contributed by atoms with E-state index in [0.29, 0.717) is 6.61 Å². The summed E-state index contributed by atoms with van der Waals surface area (Å²) in [6.07, 6.45) is 4.85. The van der Waals surface area contributed by atoms with Crippen LogP contribution in [-0.4, -0.2) is 49.8 Å². The fourth-order valence-electron chi connectivity index (χ4n) is 2.25. The Kier molecular flexibility index (Phi) is 6.15. The van der Waals surface area contributed by atoms with Gasteiger partial charge in [0.05, 0.1) is 0 Å². The minimum atomic E-state index is 0.356. The Balaban J connectivity index is 2.12. The zero-order chi connectivity index (χ0) is 10.2. The minimum absolute atomic E-state index is 0.356. The lowest BCUT2D eigenvalue weighted by molar-refractivity contribution is 0.147. The Labute approximate surface area is 87.5 Å². The maximum absolute atomic E-state index is 8.89. The summed E-state index contributed by atoms with van der Waals surface area (Å²) in [7, 11) is 2.00. The lowest BCUT2D eigenvalue weighted by Crippen LogP contribution is -2.37. The van der Waals surface area contributed by atoms with E-state index in [1.165, 1.54) is 38.9 Å². The summed E-state index contributed by atoms with van der Waals surface area (Å²) < 4.78 is 0. The molecule has 0 spiro atoms. The van der Waals surface area contributed by atoms with Gasteiger partial charge in [-0.2, -0.15) is 0 Å². The highest BCUT2D eigenvalue weighted by atomic mass is 16.3. The summed E-state index contributed by atoms with van der Waals surface area (Å²) in [6.45, 7) is 5.13. The second kappa shape index (κ2) is 7.21. The molecule has 0 saturated carbocycles. The van der Waals surface area contributed by atoms with Crippen molar-refractivity contribution in [2.45, 2.75) is 25.7 Å². The predicted molar refractivity (Wildman–Crippen MR) is 59.4 cm³/mol. The Morgan fingerprint density at radius 1 is 1.50 bits per heavy atom. The molecule has 14 heavy (non-hydrogen) atoms. The molecule has 1 aliphatic heterocycles. The molecule has 0 bridgehead atoms. The fraction of sp³-hybridized carbons (Fsp3) is 1.00. The van der Waals surface area contributed by atoms with Gasteiger partial charge in [-0.1, -0.05) is 0 Å². The highest BCUT2D eigenvalue weighted by molar-refractivity contribution is 4.72. The molecule has 1 rings (SSSR count). The van der Waals surface area contributed by atoms with Crippen LogP contribution in [0, 0.1) is 5.92 Å². The van der Waals surface area contributed by atoms with Gasteiger partial charge in [0.25, 0.3) is 0 Å². The molecule has 3 heteroatoms. The highest BCUT2D eigenvalue weighted by Gasteiger charge is 2.18. The number of hydrogen-bond donors (Lipinski definition) is 2. The van der Waals surface area contributed by atoms with E-state index in [0.717, 1.165) is 18.9 Å². The summed E-state index contributed by atoms with van der Waals surface area (Å²) in [4.78, 5) is 2.54. The Bertz CT molecular complexity index is 139. The normalized spacial score (nSPS) is 24.0. The lowest BCUT2D eigenvalue weighted by Gasteiger charge is -2.32. The van der Waals surface area contributed by atoms with Crippen LogP contribution >= 0.6 is 0 Å². The van der Waals surface area contributed by atoms with Gasteiger partial charge < -0.3 is 15.3 Å². The number of nitrogens with zero attached hydrogens (tertiary/aromatic N) is 1. The van der Waals surface area contributed by atoms with E-state index in [-0.39, 0.29) is 0 Å². The third-order valence-electron chi connectivity index (χ3n) is 3.04. The van der Waals surface area contributed by atoms with Gasteiger partial charge in [-0.25, -0.2) is 0 Å². The summed E-state index contributed by atoms with van der Waals surface area (Å²) in [5.41, 5.74) is 0. The van der Waals surface area contributed by atoms with E-state index in [2.05, 4.69) is 10.2 Å². The van der Waals surface area contributed by atoms with Gasteiger partial charge in [0.2, 0.25) is 0 Å². The largest absolute Gasteiger partial charge is 0.396 e. The maximum Gasteiger partial charge on any atom is 0.0434 e. The topological polar surface area (TPSA) is 35.5 Å². The van der Waals surface area contributed by atoms with Crippen LogP contribution in [0.25, 0.3) is 0 Å². The van der Waals surface area contributed by atoms with Crippen molar-refractivity contribution in [1.29, 1.82) is 0 Å². The minimum Gasteiger partial charge on any atom is -0.396 e. The maximum atomic E-state index is 8.89. The molecular weight excluding hydrogens is 176 g/mol. The van der Waals surface area contributed by atoms with Gasteiger partial charge in [-0.15, -0.1) is 0 Å². The van der Waals surface area contributed by atoms with Crippen molar-refractivity contribution < 1.29 is 5.11 Å². The van der Waals surface area contributed by atoms with Crippen LogP contribution in [0.5, 0.6) is 0 Å². The first-order valence-corrected chi connectivity index (χ1v) is 5.84. The van der Waals surface area contributed by atoms with E-state index in [4.69, 9.17) is 5.11 Å². The summed E-state index contributed by atoms with van der Waals surface area (Å²) in [6, 6.07) is 0. The molecule has 84 valence electrons. The Hall–Kier alpha value is -0.120. The molecule has 3 nitrogen and oxygen atoms in total. The molecule has 0 aromatic heterocycles. The zero-order valence-electron chi connectivity index (χ0n) is 9.34. The van der Waals surface area contributed by atoms with Crippen molar-refractivity contribution in [3.8, 4) is 0 Å².